The second-order valence-electron chi connectivity index (χ2n) is 7.11. The van der Waals surface area contributed by atoms with E-state index in [1.165, 1.54) is 5.56 Å². The number of hydrogen-bond acceptors (Lipinski definition) is 6. The van der Waals surface area contributed by atoms with Gasteiger partial charge in [-0.05, 0) is 24.5 Å². The lowest BCUT2D eigenvalue weighted by Gasteiger charge is -2.48. The topological polar surface area (TPSA) is 49.4 Å². The second kappa shape index (κ2) is 5.37. The number of fused-ring (bicyclic) bond motifs is 2. The Morgan fingerprint density at radius 3 is 2.84 bits per heavy atom. The summed E-state index contributed by atoms with van der Waals surface area (Å²) < 4.78 is 28.7. The Bertz CT molecular complexity index is 748. The molecule has 0 aromatic heterocycles. The molecule has 0 spiro atoms. The fourth-order valence-electron chi connectivity index (χ4n) is 5.19. The lowest BCUT2D eigenvalue weighted by Crippen LogP contribution is -2.51. The largest absolute Gasteiger partial charge is 0.492 e. The number of hydrogen-bond donors (Lipinski definition) is 0. The third-order valence-electron chi connectivity index (χ3n) is 6.28. The van der Waals surface area contributed by atoms with Gasteiger partial charge in [0.1, 0.15) is 6.23 Å². The summed E-state index contributed by atoms with van der Waals surface area (Å²) in [6, 6.07) is 2.49. The van der Waals surface area contributed by atoms with E-state index in [1.54, 1.807) is 21.3 Å². The first-order valence-electron chi connectivity index (χ1n) is 8.75. The minimum Gasteiger partial charge on any atom is -0.492 e. The summed E-state index contributed by atoms with van der Waals surface area (Å²) in [7, 11) is 5.22. The van der Waals surface area contributed by atoms with Gasteiger partial charge < -0.3 is 23.7 Å². The molecule has 25 heavy (non-hydrogen) atoms. The molecule has 1 saturated heterocycles. The van der Waals surface area contributed by atoms with Gasteiger partial charge in [-0.15, -0.1) is 0 Å². The van der Waals surface area contributed by atoms with Crippen molar-refractivity contribution in [3.8, 4) is 17.2 Å². The molecule has 1 aliphatic carbocycles. The molecule has 6 nitrogen and oxygen atoms in total. The van der Waals surface area contributed by atoms with Gasteiger partial charge in [0.15, 0.2) is 11.5 Å². The molecule has 1 unspecified atom stereocenters. The molecule has 1 fully saturated rings. The molecule has 0 saturated carbocycles. The number of benzene rings is 1. The molecule has 0 amide bonds. The van der Waals surface area contributed by atoms with Crippen LogP contribution in [-0.2, 0) is 14.9 Å². The SMILES string of the molecule is COc1c2c(cc3c1[C@@H](OC)N1CC[C@]34C=C[C@H](OC)C[C@@H]14)OCO2. The number of nitrogens with zero attached hydrogens (tertiary/aromatic N) is 1. The van der Waals surface area contributed by atoms with Crippen molar-refractivity contribution in [3.63, 3.8) is 0 Å². The van der Waals surface area contributed by atoms with E-state index in [2.05, 4.69) is 23.1 Å². The van der Waals surface area contributed by atoms with Crippen molar-refractivity contribution < 1.29 is 23.7 Å². The first-order chi connectivity index (χ1) is 12.2. The summed E-state index contributed by atoms with van der Waals surface area (Å²) in [6.45, 7) is 1.21. The van der Waals surface area contributed by atoms with Gasteiger partial charge in [0.25, 0.3) is 0 Å². The zero-order chi connectivity index (χ0) is 17.2. The minimum atomic E-state index is -0.149. The van der Waals surface area contributed by atoms with Gasteiger partial charge in [-0.25, -0.2) is 0 Å². The van der Waals surface area contributed by atoms with Gasteiger partial charge in [-0.3, -0.25) is 4.90 Å². The van der Waals surface area contributed by atoms with Crippen LogP contribution in [0.25, 0.3) is 0 Å². The lowest BCUT2D eigenvalue weighted by molar-refractivity contribution is -0.0679. The molecule has 5 atom stereocenters. The van der Waals surface area contributed by atoms with E-state index in [1.807, 2.05) is 0 Å². The first-order valence-corrected chi connectivity index (χ1v) is 8.75. The molecule has 5 rings (SSSR count). The zero-order valence-electron chi connectivity index (χ0n) is 14.8. The molecule has 0 radical (unpaired) electrons. The van der Waals surface area contributed by atoms with E-state index in [0.717, 1.165) is 36.4 Å². The predicted octanol–water partition coefficient (Wildman–Crippen LogP) is 2.37. The predicted molar refractivity (Wildman–Crippen MR) is 90.2 cm³/mol. The Morgan fingerprint density at radius 2 is 2.08 bits per heavy atom. The van der Waals surface area contributed by atoms with E-state index in [-0.39, 0.29) is 24.5 Å². The second-order valence-corrected chi connectivity index (χ2v) is 7.11. The number of rotatable bonds is 3. The van der Waals surface area contributed by atoms with E-state index in [4.69, 9.17) is 23.7 Å². The summed E-state index contributed by atoms with van der Waals surface area (Å²) in [5, 5.41) is 0. The quantitative estimate of drug-likeness (QED) is 0.784. The average molecular weight is 345 g/mol. The molecular weight excluding hydrogens is 322 g/mol. The van der Waals surface area contributed by atoms with Gasteiger partial charge in [0, 0.05) is 37.8 Å². The smallest absolute Gasteiger partial charge is 0.231 e. The van der Waals surface area contributed by atoms with Crippen LogP contribution in [0.4, 0.5) is 0 Å². The molecule has 134 valence electrons. The normalized spacial score (nSPS) is 36.9. The highest BCUT2D eigenvalue weighted by Crippen LogP contribution is 2.60. The summed E-state index contributed by atoms with van der Waals surface area (Å²) in [5.74, 6) is 2.19. The van der Waals surface area contributed by atoms with E-state index in [9.17, 15) is 0 Å². The maximum atomic E-state index is 5.95. The molecule has 6 heteroatoms. The molecule has 3 heterocycles. The van der Waals surface area contributed by atoms with E-state index in [0.29, 0.717) is 11.8 Å². The van der Waals surface area contributed by atoms with Crippen LogP contribution in [0, 0.1) is 0 Å². The summed E-state index contributed by atoms with van der Waals surface area (Å²) in [6.07, 6.45) is 6.55. The highest BCUT2D eigenvalue weighted by Gasteiger charge is 2.58. The molecular formula is C19H23NO5. The van der Waals surface area contributed by atoms with Crippen LogP contribution in [0.15, 0.2) is 18.2 Å². The van der Waals surface area contributed by atoms with Gasteiger partial charge in [-0.1, -0.05) is 12.2 Å². The Morgan fingerprint density at radius 1 is 1.20 bits per heavy atom. The molecule has 1 aromatic rings. The van der Waals surface area contributed by atoms with Crippen molar-refractivity contribution in [2.75, 3.05) is 34.7 Å². The fraction of sp³-hybridized carbons (Fsp3) is 0.579. The minimum absolute atomic E-state index is 0.0480. The van der Waals surface area contributed by atoms with E-state index < -0.39 is 0 Å². The highest BCUT2D eigenvalue weighted by molar-refractivity contribution is 5.65. The lowest BCUT2D eigenvalue weighted by atomic mass is 9.66. The van der Waals surface area contributed by atoms with Crippen molar-refractivity contribution in [2.45, 2.75) is 36.6 Å². The Labute approximate surface area is 147 Å². The number of methoxy groups -OCH3 is 3. The third kappa shape index (κ3) is 1.85. The van der Waals surface area contributed by atoms with Crippen LogP contribution in [0.3, 0.4) is 0 Å². The Kier molecular flexibility index (Phi) is 3.33. The van der Waals surface area contributed by atoms with Crippen molar-refractivity contribution >= 4 is 0 Å². The number of ether oxygens (including phenoxy) is 5. The van der Waals surface area contributed by atoms with Crippen LogP contribution in [0.2, 0.25) is 0 Å². The zero-order valence-corrected chi connectivity index (χ0v) is 14.8. The molecule has 1 aromatic carbocycles. The van der Waals surface area contributed by atoms with Gasteiger partial charge in [0.05, 0.1) is 13.2 Å². The standard InChI is InChI=1S/C19H23NO5/c1-21-11-4-5-19-6-7-20(14(19)8-11)18(23-3)15-12(19)9-13-16(17(15)22-2)25-10-24-13/h4-5,9,11,14,18H,6-8,10H2,1-3H3/t11-,14+,18+,19+/m0/s1. The van der Waals surface area contributed by atoms with Gasteiger partial charge >= 0.3 is 0 Å². The van der Waals surface area contributed by atoms with Crippen molar-refractivity contribution in [3.05, 3.63) is 29.3 Å². The van der Waals surface area contributed by atoms with Crippen molar-refractivity contribution in [1.82, 2.24) is 4.90 Å². The molecule has 0 N–H and O–H groups in total. The Hall–Kier alpha value is -1.76. The summed E-state index contributed by atoms with van der Waals surface area (Å²) >= 11 is 0. The van der Waals surface area contributed by atoms with Gasteiger partial charge in [0.2, 0.25) is 12.5 Å². The third-order valence-corrected chi connectivity index (χ3v) is 6.28. The maximum Gasteiger partial charge on any atom is 0.231 e. The fourth-order valence-corrected chi connectivity index (χ4v) is 5.19. The van der Waals surface area contributed by atoms with Crippen LogP contribution in [0.5, 0.6) is 17.2 Å². The average Bonchev–Trinajstić information content (AvgIpc) is 3.23. The first kappa shape index (κ1) is 15.5. The highest BCUT2D eigenvalue weighted by atomic mass is 16.7. The monoisotopic (exact) mass is 345 g/mol. The summed E-state index contributed by atoms with van der Waals surface area (Å²) in [4.78, 5) is 2.45. The Balaban J connectivity index is 1.78. The van der Waals surface area contributed by atoms with Gasteiger partial charge in [-0.2, -0.15) is 0 Å². The van der Waals surface area contributed by atoms with Crippen molar-refractivity contribution in [2.24, 2.45) is 0 Å². The van der Waals surface area contributed by atoms with Crippen LogP contribution < -0.4 is 14.2 Å². The molecule has 4 aliphatic rings. The van der Waals surface area contributed by atoms with Crippen LogP contribution in [0.1, 0.15) is 30.2 Å². The van der Waals surface area contributed by atoms with Crippen LogP contribution in [-0.4, -0.2) is 51.7 Å². The van der Waals surface area contributed by atoms with Crippen molar-refractivity contribution in [1.29, 1.82) is 0 Å². The molecule has 3 aliphatic heterocycles. The molecule has 2 bridgehead atoms. The van der Waals surface area contributed by atoms with E-state index >= 15 is 0 Å². The summed E-state index contributed by atoms with van der Waals surface area (Å²) in [5.41, 5.74) is 2.27. The van der Waals surface area contributed by atoms with Crippen LogP contribution >= 0.6 is 0 Å². The maximum absolute atomic E-state index is 5.95.